The number of hydrogen-bond donors (Lipinski definition) is 1. The summed E-state index contributed by atoms with van der Waals surface area (Å²) in [5, 5.41) is 3.53. The molecule has 1 unspecified atom stereocenters. The van der Waals surface area contributed by atoms with Gasteiger partial charge in [0.15, 0.2) is 0 Å². The molecule has 0 spiro atoms. The molecule has 5 nitrogen and oxygen atoms in total. The second-order valence-electron chi connectivity index (χ2n) is 5.44. The molecule has 1 saturated heterocycles. The molecule has 1 heterocycles. The average molecular weight is 345 g/mol. The highest BCUT2D eigenvalue weighted by Gasteiger charge is 2.31. The average Bonchev–Trinajstić information content (AvgIpc) is 2.54. The molecule has 0 radical (unpaired) electrons. The molecule has 0 aromatic heterocycles. The lowest BCUT2D eigenvalue weighted by molar-refractivity contribution is -0.126. The number of amides is 1. The predicted molar refractivity (Wildman–Crippen MR) is 87.1 cm³/mol. The molecule has 7 heteroatoms. The SMILES string of the molecule is CCS(=O)(=O)N1CCCC(C(=O)NCc2ccc(Cl)cc2)C1. The van der Waals surface area contributed by atoms with E-state index in [1.54, 1.807) is 19.1 Å². The largest absolute Gasteiger partial charge is 0.352 e. The number of hydrogen-bond acceptors (Lipinski definition) is 3. The monoisotopic (exact) mass is 344 g/mol. The van der Waals surface area contributed by atoms with E-state index in [1.807, 2.05) is 12.1 Å². The molecule has 1 aromatic carbocycles. The predicted octanol–water partition coefficient (Wildman–Crippen LogP) is 2.02. The summed E-state index contributed by atoms with van der Waals surface area (Å²) < 4.78 is 25.3. The Kier molecular flexibility index (Phi) is 5.83. The van der Waals surface area contributed by atoms with Gasteiger partial charge in [-0.05, 0) is 37.5 Å². The summed E-state index contributed by atoms with van der Waals surface area (Å²) in [6.45, 7) is 2.84. The summed E-state index contributed by atoms with van der Waals surface area (Å²) in [7, 11) is -3.22. The molecule has 1 atom stereocenters. The van der Waals surface area contributed by atoms with E-state index in [-0.39, 0.29) is 24.1 Å². The number of sulfonamides is 1. The van der Waals surface area contributed by atoms with Crippen LogP contribution in [0.4, 0.5) is 0 Å². The van der Waals surface area contributed by atoms with E-state index in [1.165, 1.54) is 4.31 Å². The van der Waals surface area contributed by atoms with Crippen LogP contribution in [0.3, 0.4) is 0 Å². The molecule has 0 aliphatic carbocycles. The van der Waals surface area contributed by atoms with Crippen LogP contribution in [0.1, 0.15) is 25.3 Å². The number of carbonyl (C=O) groups is 1. The van der Waals surface area contributed by atoms with E-state index in [2.05, 4.69) is 5.32 Å². The van der Waals surface area contributed by atoms with Crippen molar-refractivity contribution in [3.63, 3.8) is 0 Å². The third kappa shape index (κ3) is 4.44. The number of benzene rings is 1. The van der Waals surface area contributed by atoms with Gasteiger partial charge in [0.2, 0.25) is 15.9 Å². The van der Waals surface area contributed by atoms with Crippen LogP contribution in [-0.2, 0) is 21.4 Å². The van der Waals surface area contributed by atoms with Crippen LogP contribution < -0.4 is 5.32 Å². The lowest BCUT2D eigenvalue weighted by Crippen LogP contribution is -2.45. The van der Waals surface area contributed by atoms with Crippen molar-refractivity contribution in [2.75, 3.05) is 18.8 Å². The van der Waals surface area contributed by atoms with Gasteiger partial charge < -0.3 is 5.32 Å². The van der Waals surface area contributed by atoms with Crippen molar-refractivity contribution in [3.8, 4) is 0 Å². The first kappa shape index (κ1) is 17.2. The molecule has 1 amide bonds. The summed E-state index contributed by atoms with van der Waals surface area (Å²) in [6.07, 6.45) is 1.44. The first-order valence-electron chi connectivity index (χ1n) is 7.42. The Balaban J connectivity index is 1.90. The Bertz CT molecular complexity index is 616. The molecule has 1 N–H and O–H groups in total. The first-order valence-corrected chi connectivity index (χ1v) is 9.41. The fourth-order valence-electron chi connectivity index (χ4n) is 2.53. The van der Waals surface area contributed by atoms with Crippen LogP contribution in [0.5, 0.6) is 0 Å². The molecule has 0 bridgehead atoms. The van der Waals surface area contributed by atoms with E-state index >= 15 is 0 Å². The fraction of sp³-hybridized carbons (Fsp3) is 0.533. The molecule has 22 heavy (non-hydrogen) atoms. The smallest absolute Gasteiger partial charge is 0.224 e. The van der Waals surface area contributed by atoms with E-state index in [0.717, 1.165) is 18.4 Å². The van der Waals surface area contributed by atoms with Gasteiger partial charge in [0, 0.05) is 24.7 Å². The van der Waals surface area contributed by atoms with Crippen LogP contribution in [-0.4, -0.2) is 37.5 Å². The molecule has 1 fully saturated rings. The second kappa shape index (κ2) is 7.44. The van der Waals surface area contributed by atoms with Crippen molar-refractivity contribution in [2.24, 2.45) is 5.92 Å². The van der Waals surface area contributed by atoms with Gasteiger partial charge in [0.1, 0.15) is 0 Å². The summed E-state index contributed by atoms with van der Waals surface area (Å²) in [4.78, 5) is 12.2. The zero-order chi connectivity index (χ0) is 16.2. The van der Waals surface area contributed by atoms with Gasteiger partial charge in [-0.3, -0.25) is 4.79 Å². The number of piperidine rings is 1. The first-order chi connectivity index (χ1) is 10.4. The molecule has 1 aromatic rings. The lowest BCUT2D eigenvalue weighted by Gasteiger charge is -2.30. The van der Waals surface area contributed by atoms with Crippen molar-refractivity contribution in [3.05, 3.63) is 34.9 Å². The summed E-state index contributed by atoms with van der Waals surface area (Å²) in [5.41, 5.74) is 0.964. The Labute approximate surface area is 136 Å². The third-order valence-electron chi connectivity index (χ3n) is 3.89. The number of carbonyl (C=O) groups excluding carboxylic acids is 1. The van der Waals surface area contributed by atoms with Crippen molar-refractivity contribution in [1.82, 2.24) is 9.62 Å². The maximum atomic E-state index is 12.2. The van der Waals surface area contributed by atoms with Crippen molar-refractivity contribution in [1.29, 1.82) is 0 Å². The molecule has 1 aliphatic heterocycles. The Morgan fingerprint density at radius 3 is 2.68 bits per heavy atom. The fourth-order valence-corrected chi connectivity index (χ4v) is 3.83. The van der Waals surface area contributed by atoms with Gasteiger partial charge in [0.05, 0.1) is 11.7 Å². The third-order valence-corrected chi connectivity index (χ3v) is 5.99. The quantitative estimate of drug-likeness (QED) is 0.888. The Morgan fingerprint density at radius 2 is 2.05 bits per heavy atom. The number of nitrogens with one attached hydrogen (secondary N) is 1. The Hall–Kier alpha value is -1.11. The van der Waals surface area contributed by atoms with Crippen molar-refractivity contribution < 1.29 is 13.2 Å². The van der Waals surface area contributed by atoms with Gasteiger partial charge in [0.25, 0.3) is 0 Å². The molecule has 1 aliphatic rings. The summed E-state index contributed by atoms with van der Waals surface area (Å²) >= 11 is 5.82. The Morgan fingerprint density at radius 1 is 1.36 bits per heavy atom. The normalized spacial score (nSPS) is 19.8. The maximum absolute atomic E-state index is 12.2. The molecular formula is C15H21ClN2O3S. The molecule has 122 valence electrons. The zero-order valence-electron chi connectivity index (χ0n) is 12.6. The lowest BCUT2D eigenvalue weighted by atomic mass is 9.99. The zero-order valence-corrected chi connectivity index (χ0v) is 14.2. The highest BCUT2D eigenvalue weighted by atomic mass is 35.5. The van der Waals surface area contributed by atoms with Crippen molar-refractivity contribution >= 4 is 27.5 Å². The highest BCUT2D eigenvalue weighted by molar-refractivity contribution is 7.89. The van der Waals surface area contributed by atoms with E-state index < -0.39 is 10.0 Å². The van der Waals surface area contributed by atoms with Crippen LogP contribution >= 0.6 is 11.6 Å². The molecular weight excluding hydrogens is 324 g/mol. The van der Waals surface area contributed by atoms with Crippen molar-refractivity contribution in [2.45, 2.75) is 26.3 Å². The minimum Gasteiger partial charge on any atom is -0.352 e. The van der Waals surface area contributed by atoms with Gasteiger partial charge in [-0.15, -0.1) is 0 Å². The standard InChI is InChI=1S/C15H21ClN2O3S/c1-2-22(20,21)18-9-3-4-13(11-18)15(19)17-10-12-5-7-14(16)8-6-12/h5-8,13H,2-4,9-11H2,1H3,(H,17,19). The molecule has 0 saturated carbocycles. The highest BCUT2D eigenvalue weighted by Crippen LogP contribution is 2.20. The van der Waals surface area contributed by atoms with E-state index in [4.69, 9.17) is 11.6 Å². The molecule has 2 rings (SSSR count). The summed E-state index contributed by atoms with van der Waals surface area (Å²) in [5.74, 6) is -0.292. The van der Waals surface area contributed by atoms with Crippen LogP contribution in [0.2, 0.25) is 5.02 Å². The topological polar surface area (TPSA) is 66.5 Å². The number of halogens is 1. The van der Waals surface area contributed by atoms with E-state index in [0.29, 0.717) is 18.1 Å². The van der Waals surface area contributed by atoms with Gasteiger partial charge in [-0.1, -0.05) is 23.7 Å². The minimum atomic E-state index is -3.22. The summed E-state index contributed by atoms with van der Waals surface area (Å²) in [6, 6.07) is 7.27. The maximum Gasteiger partial charge on any atom is 0.224 e. The van der Waals surface area contributed by atoms with Gasteiger partial charge in [-0.2, -0.15) is 0 Å². The van der Waals surface area contributed by atoms with Gasteiger partial charge >= 0.3 is 0 Å². The minimum absolute atomic E-state index is 0.0755. The second-order valence-corrected chi connectivity index (χ2v) is 8.14. The van der Waals surface area contributed by atoms with Crippen LogP contribution in [0.25, 0.3) is 0 Å². The van der Waals surface area contributed by atoms with E-state index in [9.17, 15) is 13.2 Å². The number of rotatable bonds is 5. The number of nitrogens with zero attached hydrogens (tertiary/aromatic N) is 1. The van der Waals surface area contributed by atoms with Crippen LogP contribution in [0, 0.1) is 5.92 Å². The van der Waals surface area contributed by atoms with Crippen LogP contribution in [0.15, 0.2) is 24.3 Å². The van der Waals surface area contributed by atoms with Gasteiger partial charge in [-0.25, -0.2) is 12.7 Å².